The van der Waals surface area contributed by atoms with Gasteiger partial charge in [-0.25, -0.2) is 0 Å². The molecule has 1 aliphatic rings. The fraction of sp³-hybridized carbons (Fsp3) is 0.333. The molecule has 140 valence electrons. The van der Waals surface area contributed by atoms with Gasteiger partial charge in [0.1, 0.15) is 0 Å². The van der Waals surface area contributed by atoms with Crippen molar-refractivity contribution in [3.63, 3.8) is 0 Å². The van der Waals surface area contributed by atoms with E-state index in [-0.39, 0.29) is 0 Å². The molecule has 1 aromatic heterocycles. The molecule has 2 heterocycles. The van der Waals surface area contributed by atoms with Gasteiger partial charge in [-0.15, -0.1) is 0 Å². The van der Waals surface area contributed by atoms with Crippen LogP contribution in [0.5, 0.6) is 11.5 Å². The molecule has 3 aromatic rings. The Labute approximate surface area is 158 Å². The van der Waals surface area contributed by atoms with E-state index < -0.39 is 0 Å². The van der Waals surface area contributed by atoms with Gasteiger partial charge in [-0.1, -0.05) is 35.5 Å². The van der Waals surface area contributed by atoms with Gasteiger partial charge in [-0.2, -0.15) is 4.98 Å². The summed E-state index contributed by atoms with van der Waals surface area (Å²) in [6, 6.07) is 14.3. The molecular weight excluding hydrogens is 342 g/mol. The minimum absolute atomic E-state index is 0.648. The lowest BCUT2D eigenvalue weighted by Gasteiger charge is -2.28. The van der Waals surface area contributed by atoms with Crippen LogP contribution in [0.15, 0.2) is 47.0 Å². The molecule has 0 amide bonds. The quantitative estimate of drug-likeness (QED) is 0.668. The van der Waals surface area contributed by atoms with Gasteiger partial charge in [0, 0.05) is 19.5 Å². The van der Waals surface area contributed by atoms with Gasteiger partial charge in [-0.3, -0.25) is 4.90 Å². The Kier molecular flexibility index (Phi) is 5.07. The molecule has 0 N–H and O–H groups in total. The zero-order chi connectivity index (χ0) is 18.6. The molecule has 0 saturated heterocycles. The zero-order valence-electron chi connectivity index (χ0n) is 15.6. The predicted octanol–water partition coefficient (Wildman–Crippen LogP) is 3.24. The molecule has 6 heteroatoms. The van der Waals surface area contributed by atoms with Crippen LogP contribution in [0.25, 0.3) is 0 Å². The fourth-order valence-electron chi connectivity index (χ4n) is 3.47. The van der Waals surface area contributed by atoms with Crippen LogP contribution in [0.4, 0.5) is 0 Å². The maximum Gasteiger partial charge on any atom is 0.240 e. The number of aromatic nitrogens is 2. The Morgan fingerprint density at radius 3 is 2.52 bits per heavy atom. The van der Waals surface area contributed by atoms with Crippen LogP contribution in [0.3, 0.4) is 0 Å². The Morgan fingerprint density at radius 1 is 1.04 bits per heavy atom. The Hall–Kier alpha value is -2.86. The highest BCUT2D eigenvalue weighted by molar-refractivity contribution is 5.48. The van der Waals surface area contributed by atoms with Crippen LogP contribution in [-0.4, -0.2) is 35.8 Å². The third kappa shape index (κ3) is 3.95. The third-order valence-electron chi connectivity index (χ3n) is 4.87. The molecule has 0 radical (unpaired) electrons. The van der Waals surface area contributed by atoms with Crippen LogP contribution in [0, 0.1) is 0 Å². The van der Waals surface area contributed by atoms with Crippen molar-refractivity contribution in [2.75, 3.05) is 20.8 Å². The van der Waals surface area contributed by atoms with E-state index in [9.17, 15) is 0 Å². The van der Waals surface area contributed by atoms with Gasteiger partial charge in [0.25, 0.3) is 0 Å². The number of rotatable bonds is 6. The first-order valence-electron chi connectivity index (χ1n) is 9.06. The van der Waals surface area contributed by atoms with Crippen molar-refractivity contribution < 1.29 is 14.0 Å². The van der Waals surface area contributed by atoms with Gasteiger partial charge < -0.3 is 14.0 Å². The summed E-state index contributed by atoms with van der Waals surface area (Å²) >= 11 is 0. The number of hydrogen-bond donors (Lipinski definition) is 0. The monoisotopic (exact) mass is 365 g/mol. The Balaban J connectivity index is 1.43. The molecule has 6 nitrogen and oxygen atoms in total. The van der Waals surface area contributed by atoms with Crippen LogP contribution in [0.1, 0.15) is 28.4 Å². The van der Waals surface area contributed by atoms with Crippen molar-refractivity contribution in [1.82, 2.24) is 15.0 Å². The van der Waals surface area contributed by atoms with Crippen molar-refractivity contribution in [3.8, 4) is 11.5 Å². The first-order chi connectivity index (χ1) is 13.2. The third-order valence-corrected chi connectivity index (χ3v) is 4.87. The molecule has 0 saturated carbocycles. The van der Waals surface area contributed by atoms with Gasteiger partial charge in [0.05, 0.1) is 20.8 Å². The normalized spacial score (nSPS) is 14.0. The lowest BCUT2D eigenvalue weighted by atomic mass is 9.99. The van der Waals surface area contributed by atoms with Gasteiger partial charge in [0.2, 0.25) is 5.89 Å². The second kappa shape index (κ2) is 7.80. The zero-order valence-corrected chi connectivity index (χ0v) is 15.6. The summed E-state index contributed by atoms with van der Waals surface area (Å²) in [6.45, 7) is 2.42. The summed E-state index contributed by atoms with van der Waals surface area (Å²) < 4.78 is 16.3. The first kappa shape index (κ1) is 17.5. The molecule has 1 aliphatic heterocycles. The van der Waals surface area contributed by atoms with Crippen molar-refractivity contribution in [1.29, 1.82) is 0 Å². The van der Waals surface area contributed by atoms with E-state index in [1.807, 2.05) is 18.2 Å². The average Bonchev–Trinajstić information content (AvgIpc) is 3.14. The molecule has 0 unspecified atom stereocenters. The van der Waals surface area contributed by atoms with Crippen LogP contribution in [-0.2, 0) is 25.9 Å². The minimum atomic E-state index is 0.648. The van der Waals surface area contributed by atoms with E-state index >= 15 is 0 Å². The lowest BCUT2D eigenvalue weighted by molar-refractivity contribution is 0.209. The molecule has 2 aromatic carbocycles. The van der Waals surface area contributed by atoms with E-state index in [4.69, 9.17) is 14.0 Å². The number of fused-ring (bicyclic) bond motifs is 1. The molecule has 0 bridgehead atoms. The van der Waals surface area contributed by atoms with Crippen molar-refractivity contribution in [2.45, 2.75) is 25.9 Å². The molecular formula is C21H23N3O3. The minimum Gasteiger partial charge on any atom is -0.493 e. The van der Waals surface area contributed by atoms with Gasteiger partial charge in [-0.05, 0) is 35.2 Å². The van der Waals surface area contributed by atoms with Crippen LogP contribution < -0.4 is 9.47 Å². The summed E-state index contributed by atoms with van der Waals surface area (Å²) in [5.41, 5.74) is 3.74. The van der Waals surface area contributed by atoms with Crippen LogP contribution >= 0.6 is 0 Å². The summed E-state index contributed by atoms with van der Waals surface area (Å²) in [4.78, 5) is 6.87. The molecule has 0 fully saturated rings. The smallest absolute Gasteiger partial charge is 0.240 e. The highest BCUT2D eigenvalue weighted by Gasteiger charge is 2.21. The number of methoxy groups -OCH3 is 2. The standard InChI is InChI=1S/C21H23N3O3/c1-25-18-11-16-8-9-24(13-17(16)12-19(18)26-2)14-21-22-20(23-27-21)10-15-6-4-3-5-7-15/h3-7,11-12H,8-10,13-14H2,1-2H3. The van der Waals surface area contributed by atoms with E-state index in [1.54, 1.807) is 14.2 Å². The molecule has 0 atom stereocenters. The fourth-order valence-corrected chi connectivity index (χ4v) is 3.47. The van der Waals surface area contributed by atoms with E-state index in [1.165, 1.54) is 16.7 Å². The topological polar surface area (TPSA) is 60.6 Å². The maximum atomic E-state index is 5.46. The molecule has 4 rings (SSSR count). The van der Waals surface area contributed by atoms with E-state index in [0.29, 0.717) is 18.9 Å². The Morgan fingerprint density at radius 2 is 1.78 bits per heavy atom. The van der Waals surface area contributed by atoms with Crippen molar-refractivity contribution in [2.24, 2.45) is 0 Å². The van der Waals surface area contributed by atoms with Gasteiger partial charge in [0.15, 0.2) is 17.3 Å². The summed E-state index contributed by atoms with van der Waals surface area (Å²) in [5.74, 6) is 2.93. The largest absolute Gasteiger partial charge is 0.493 e. The second-order valence-electron chi connectivity index (χ2n) is 6.70. The van der Waals surface area contributed by atoms with Crippen LogP contribution in [0.2, 0.25) is 0 Å². The molecule has 27 heavy (non-hydrogen) atoms. The van der Waals surface area contributed by atoms with E-state index in [2.05, 4.69) is 39.3 Å². The summed E-state index contributed by atoms with van der Waals surface area (Å²) in [6.07, 6.45) is 1.64. The number of hydrogen-bond acceptors (Lipinski definition) is 6. The van der Waals surface area contributed by atoms with Crippen molar-refractivity contribution in [3.05, 3.63) is 70.9 Å². The highest BCUT2D eigenvalue weighted by atomic mass is 16.5. The first-order valence-corrected chi connectivity index (χ1v) is 9.06. The summed E-state index contributed by atoms with van der Waals surface area (Å²) in [5, 5.41) is 4.12. The van der Waals surface area contributed by atoms with E-state index in [0.717, 1.165) is 36.8 Å². The Bertz CT molecular complexity index is 908. The maximum absolute atomic E-state index is 5.46. The molecule has 0 aliphatic carbocycles. The number of nitrogens with zero attached hydrogens (tertiary/aromatic N) is 3. The van der Waals surface area contributed by atoms with Gasteiger partial charge >= 0.3 is 0 Å². The predicted molar refractivity (Wildman–Crippen MR) is 101 cm³/mol. The molecule has 0 spiro atoms. The van der Waals surface area contributed by atoms with Crippen molar-refractivity contribution >= 4 is 0 Å². The number of ether oxygens (including phenoxy) is 2. The number of benzene rings is 2. The second-order valence-corrected chi connectivity index (χ2v) is 6.70. The lowest BCUT2D eigenvalue weighted by Crippen LogP contribution is -2.30. The highest BCUT2D eigenvalue weighted by Crippen LogP contribution is 2.33. The summed E-state index contributed by atoms with van der Waals surface area (Å²) in [7, 11) is 3.33. The average molecular weight is 365 g/mol. The SMILES string of the molecule is COc1cc2c(cc1OC)CN(Cc1nc(Cc3ccccc3)no1)CC2.